The van der Waals surface area contributed by atoms with Gasteiger partial charge in [-0.05, 0) is 26.7 Å². The Balaban J connectivity index is 3.68. The van der Waals surface area contributed by atoms with E-state index in [-0.39, 0.29) is 0 Å². The minimum absolute atomic E-state index is 1.24. The monoisotopic (exact) mass is 141 g/mol. The molecule has 0 aromatic rings. The SMILES string of the molecule is CCCC/C(C)=C(\C)NC. The lowest BCUT2D eigenvalue weighted by molar-refractivity contribution is 0.769. The van der Waals surface area contributed by atoms with Crippen LogP contribution in [0.3, 0.4) is 0 Å². The molecule has 1 nitrogen and oxygen atoms in total. The molecular weight excluding hydrogens is 122 g/mol. The van der Waals surface area contributed by atoms with E-state index >= 15 is 0 Å². The van der Waals surface area contributed by atoms with Crippen LogP contribution in [0.25, 0.3) is 0 Å². The van der Waals surface area contributed by atoms with Crippen molar-refractivity contribution in [3.8, 4) is 0 Å². The van der Waals surface area contributed by atoms with Gasteiger partial charge < -0.3 is 5.32 Å². The van der Waals surface area contributed by atoms with E-state index in [4.69, 9.17) is 0 Å². The maximum absolute atomic E-state index is 3.15. The summed E-state index contributed by atoms with van der Waals surface area (Å²) < 4.78 is 0. The van der Waals surface area contributed by atoms with Crippen molar-refractivity contribution in [2.45, 2.75) is 40.0 Å². The van der Waals surface area contributed by atoms with Crippen molar-refractivity contribution in [2.75, 3.05) is 7.05 Å². The normalized spacial score (nSPS) is 12.8. The number of hydrogen-bond acceptors (Lipinski definition) is 1. The fraction of sp³-hybridized carbons (Fsp3) is 0.778. The molecule has 60 valence electrons. The van der Waals surface area contributed by atoms with Gasteiger partial charge >= 0.3 is 0 Å². The van der Waals surface area contributed by atoms with E-state index in [0.717, 1.165) is 0 Å². The summed E-state index contributed by atoms with van der Waals surface area (Å²) in [7, 11) is 1.98. The first-order valence-electron chi connectivity index (χ1n) is 4.06. The molecule has 0 aliphatic carbocycles. The third-order valence-corrected chi connectivity index (χ3v) is 1.92. The van der Waals surface area contributed by atoms with Crippen molar-refractivity contribution >= 4 is 0 Å². The first-order chi connectivity index (χ1) is 4.72. The Bertz CT molecular complexity index is 114. The third-order valence-electron chi connectivity index (χ3n) is 1.92. The zero-order chi connectivity index (χ0) is 7.98. The smallest absolute Gasteiger partial charge is 0.00615 e. The minimum Gasteiger partial charge on any atom is -0.392 e. The molecule has 0 heterocycles. The van der Waals surface area contributed by atoms with Crippen LogP contribution in [-0.4, -0.2) is 7.05 Å². The number of unbranched alkanes of at least 4 members (excludes halogenated alkanes) is 1. The van der Waals surface area contributed by atoms with Crippen LogP contribution in [0, 0.1) is 0 Å². The highest BCUT2D eigenvalue weighted by atomic mass is 14.8. The summed E-state index contributed by atoms with van der Waals surface area (Å²) in [5.41, 5.74) is 2.82. The molecule has 0 amide bonds. The lowest BCUT2D eigenvalue weighted by atomic mass is 10.1. The molecule has 0 bridgehead atoms. The van der Waals surface area contributed by atoms with Gasteiger partial charge in [0, 0.05) is 12.7 Å². The summed E-state index contributed by atoms with van der Waals surface area (Å²) in [5.74, 6) is 0. The van der Waals surface area contributed by atoms with Gasteiger partial charge in [0.05, 0.1) is 0 Å². The molecule has 0 spiro atoms. The summed E-state index contributed by atoms with van der Waals surface area (Å²) in [6.07, 6.45) is 3.84. The second kappa shape index (κ2) is 5.33. The van der Waals surface area contributed by atoms with E-state index in [2.05, 4.69) is 26.1 Å². The van der Waals surface area contributed by atoms with Gasteiger partial charge in [-0.3, -0.25) is 0 Å². The number of allylic oxidation sites excluding steroid dienone is 2. The van der Waals surface area contributed by atoms with Crippen LogP contribution in [0.1, 0.15) is 40.0 Å². The average Bonchev–Trinajstić information content (AvgIpc) is 1.98. The topological polar surface area (TPSA) is 12.0 Å². The summed E-state index contributed by atoms with van der Waals surface area (Å²) in [6.45, 7) is 6.55. The Morgan fingerprint density at radius 2 is 1.90 bits per heavy atom. The molecule has 0 aromatic carbocycles. The van der Waals surface area contributed by atoms with E-state index < -0.39 is 0 Å². The first-order valence-corrected chi connectivity index (χ1v) is 4.06. The van der Waals surface area contributed by atoms with Crippen molar-refractivity contribution in [1.29, 1.82) is 0 Å². The van der Waals surface area contributed by atoms with Crippen molar-refractivity contribution in [2.24, 2.45) is 0 Å². The Labute approximate surface area is 64.5 Å². The summed E-state index contributed by atoms with van der Waals surface area (Å²) in [4.78, 5) is 0. The highest BCUT2D eigenvalue weighted by Crippen LogP contribution is 2.08. The van der Waals surface area contributed by atoms with E-state index in [9.17, 15) is 0 Å². The predicted molar refractivity (Wildman–Crippen MR) is 47.0 cm³/mol. The zero-order valence-corrected chi connectivity index (χ0v) is 7.62. The molecule has 10 heavy (non-hydrogen) atoms. The van der Waals surface area contributed by atoms with Crippen LogP contribution in [0.5, 0.6) is 0 Å². The molecule has 0 saturated carbocycles. The van der Waals surface area contributed by atoms with Gasteiger partial charge in [0.25, 0.3) is 0 Å². The maximum Gasteiger partial charge on any atom is 0.00615 e. The lowest BCUT2D eigenvalue weighted by Crippen LogP contribution is -2.04. The lowest BCUT2D eigenvalue weighted by Gasteiger charge is -2.05. The second-order valence-electron chi connectivity index (χ2n) is 2.76. The number of hydrogen-bond donors (Lipinski definition) is 1. The van der Waals surface area contributed by atoms with E-state index in [0.29, 0.717) is 0 Å². The summed E-state index contributed by atoms with van der Waals surface area (Å²) >= 11 is 0. The summed E-state index contributed by atoms with van der Waals surface area (Å²) in [5, 5.41) is 3.15. The molecule has 1 heteroatoms. The quantitative estimate of drug-likeness (QED) is 0.634. The predicted octanol–water partition coefficient (Wildman–Crippen LogP) is 2.69. The molecule has 0 unspecified atom stereocenters. The van der Waals surface area contributed by atoms with Crippen LogP contribution in [0.15, 0.2) is 11.3 Å². The second-order valence-corrected chi connectivity index (χ2v) is 2.76. The van der Waals surface area contributed by atoms with Crippen molar-refractivity contribution in [3.63, 3.8) is 0 Å². The van der Waals surface area contributed by atoms with Gasteiger partial charge in [0.2, 0.25) is 0 Å². The molecule has 0 atom stereocenters. The molecule has 0 radical (unpaired) electrons. The molecule has 0 aliphatic rings. The van der Waals surface area contributed by atoms with Crippen LogP contribution in [0.2, 0.25) is 0 Å². The van der Waals surface area contributed by atoms with E-state index in [1.165, 1.54) is 30.5 Å². The molecule has 1 N–H and O–H groups in total. The van der Waals surface area contributed by atoms with E-state index in [1.54, 1.807) is 0 Å². The first kappa shape index (κ1) is 9.54. The van der Waals surface area contributed by atoms with Crippen LogP contribution < -0.4 is 5.32 Å². The molecule has 0 rings (SSSR count). The summed E-state index contributed by atoms with van der Waals surface area (Å²) in [6, 6.07) is 0. The fourth-order valence-electron chi connectivity index (χ4n) is 0.843. The fourth-order valence-corrected chi connectivity index (χ4v) is 0.843. The standard InChI is InChI=1S/C9H19N/c1-5-6-7-8(2)9(3)10-4/h10H,5-7H2,1-4H3/b9-8+. The number of rotatable bonds is 4. The minimum atomic E-state index is 1.24. The molecule has 0 aliphatic heterocycles. The Morgan fingerprint density at radius 1 is 1.30 bits per heavy atom. The molecule has 0 saturated heterocycles. The van der Waals surface area contributed by atoms with E-state index in [1.807, 2.05) is 7.05 Å². The van der Waals surface area contributed by atoms with Gasteiger partial charge in [-0.1, -0.05) is 18.9 Å². The Hall–Kier alpha value is -0.460. The Morgan fingerprint density at radius 3 is 2.30 bits per heavy atom. The Kier molecular flexibility index (Phi) is 5.09. The average molecular weight is 141 g/mol. The largest absolute Gasteiger partial charge is 0.392 e. The zero-order valence-electron chi connectivity index (χ0n) is 7.62. The molecular formula is C9H19N. The van der Waals surface area contributed by atoms with Gasteiger partial charge in [0.15, 0.2) is 0 Å². The third kappa shape index (κ3) is 3.54. The van der Waals surface area contributed by atoms with Crippen LogP contribution >= 0.6 is 0 Å². The van der Waals surface area contributed by atoms with Gasteiger partial charge in [-0.2, -0.15) is 0 Å². The highest BCUT2D eigenvalue weighted by Gasteiger charge is 1.92. The van der Waals surface area contributed by atoms with Gasteiger partial charge in [0.1, 0.15) is 0 Å². The van der Waals surface area contributed by atoms with Crippen LogP contribution in [-0.2, 0) is 0 Å². The molecule has 0 fully saturated rings. The number of nitrogens with one attached hydrogen (secondary N) is 1. The van der Waals surface area contributed by atoms with Crippen LogP contribution in [0.4, 0.5) is 0 Å². The van der Waals surface area contributed by atoms with Crippen molar-refractivity contribution in [1.82, 2.24) is 5.32 Å². The molecule has 0 aromatic heterocycles. The van der Waals surface area contributed by atoms with Crippen molar-refractivity contribution < 1.29 is 0 Å². The highest BCUT2D eigenvalue weighted by molar-refractivity contribution is 5.06. The van der Waals surface area contributed by atoms with Gasteiger partial charge in [-0.25, -0.2) is 0 Å². The maximum atomic E-state index is 3.15. The van der Waals surface area contributed by atoms with Gasteiger partial charge in [-0.15, -0.1) is 0 Å². The van der Waals surface area contributed by atoms with Crippen molar-refractivity contribution in [3.05, 3.63) is 11.3 Å².